The largest absolute Gasteiger partial charge is 0.339 e. The number of hydrogen-bond acceptors (Lipinski definition) is 4. The van der Waals surface area contributed by atoms with Crippen LogP contribution >= 0.6 is 0 Å². The van der Waals surface area contributed by atoms with Crippen molar-refractivity contribution in [3.8, 4) is 11.1 Å². The second kappa shape index (κ2) is 15.2. The molecule has 0 unspecified atom stereocenters. The lowest BCUT2D eigenvalue weighted by Gasteiger charge is -2.37. The Morgan fingerprint density at radius 1 is 0.712 bits per heavy atom. The molecule has 3 heterocycles. The van der Waals surface area contributed by atoms with E-state index in [1.807, 2.05) is 37.3 Å². The van der Waals surface area contributed by atoms with Crippen LogP contribution < -0.4 is 5.56 Å². The summed E-state index contributed by atoms with van der Waals surface area (Å²) in [6.07, 6.45) is 5.16. The number of aromatic nitrogens is 2. The molecule has 2 aliphatic rings. The van der Waals surface area contributed by atoms with E-state index < -0.39 is 28.9 Å². The number of halogens is 3. The summed E-state index contributed by atoms with van der Waals surface area (Å²) in [7, 11) is 0. The van der Waals surface area contributed by atoms with Gasteiger partial charge in [-0.05, 0) is 103 Å². The molecule has 2 fully saturated rings. The highest BCUT2D eigenvalue weighted by molar-refractivity contribution is 5.96. The van der Waals surface area contributed by atoms with Crippen molar-refractivity contribution in [3.05, 3.63) is 135 Å². The number of fused-ring (bicyclic) bond motifs is 1. The van der Waals surface area contributed by atoms with Crippen LogP contribution in [0.25, 0.3) is 21.9 Å². The molecule has 0 aliphatic carbocycles. The van der Waals surface area contributed by atoms with Crippen LogP contribution in [0.2, 0.25) is 0 Å². The number of likely N-dealkylation sites (tertiary alicyclic amines) is 2. The van der Waals surface area contributed by atoms with Gasteiger partial charge in [-0.2, -0.15) is 5.10 Å². The standard InChI is InChI=1S/C42H41F3N4O3/c1-2-26-6-5-7-30(21-26)31-24-36(44)39(37(45)25-31)42(52)49-18-14-28(15-19-49)20-27-12-16-48(17-13-27)41(51)34-22-29(10-11-35(34)43)23-38-32-8-3-4-9-33(32)40(50)47-46-38/h3-11,21-22,24-25,27-28H,2,12-20,23H2,1H3,(H,47,50). The van der Waals surface area contributed by atoms with Gasteiger partial charge in [-0.25, -0.2) is 18.3 Å². The highest BCUT2D eigenvalue weighted by atomic mass is 19.1. The lowest BCUT2D eigenvalue weighted by atomic mass is 9.82. The number of rotatable bonds is 8. The number of aryl methyl sites for hydroxylation is 1. The van der Waals surface area contributed by atoms with Crippen LogP contribution in [0, 0.1) is 29.3 Å². The van der Waals surface area contributed by atoms with E-state index in [2.05, 4.69) is 10.2 Å². The maximum Gasteiger partial charge on any atom is 0.272 e. The van der Waals surface area contributed by atoms with Crippen LogP contribution in [0.3, 0.4) is 0 Å². The fourth-order valence-electron chi connectivity index (χ4n) is 7.80. The fraction of sp³-hybridized carbons (Fsp3) is 0.333. The first-order valence-electron chi connectivity index (χ1n) is 18.1. The quantitative estimate of drug-likeness (QED) is 0.178. The molecular weight excluding hydrogens is 665 g/mol. The van der Waals surface area contributed by atoms with Gasteiger partial charge in [0.05, 0.1) is 16.6 Å². The maximum atomic E-state index is 15.2. The number of carbonyl (C=O) groups is 2. The van der Waals surface area contributed by atoms with Crippen LogP contribution in [-0.4, -0.2) is 58.0 Å². The fourth-order valence-corrected chi connectivity index (χ4v) is 7.80. The predicted octanol–water partition coefficient (Wildman–Crippen LogP) is 7.96. The van der Waals surface area contributed by atoms with Crippen LogP contribution in [0.4, 0.5) is 13.2 Å². The zero-order valence-electron chi connectivity index (χ0n) is 29.1. The summed E-state index contributed by atoms with van der Waals surface area (Å²) in [4.78, 5) is 42.2. The van der Waals surface area contributed by atoms with E-state index in [-0.39, 0.29) is 17.0 Å². The number of hydrogen-bond donors (Lipinski definition) is 1. The van der Waals surface area contributed by atoms with E-state index in [0.717, 1.165) is 44.1 Å². The van der Waals surface area contributed by atoms with Crippen LogP contribution in [0.15, 0.2) is 83.7 Å². The Hall–Kier alpha value is -5.25. The van der Waals surface area contributed by atoms with E-state index in [1.54, 1.807) is 40.1 Å². The molecular formula is C42H41F3N4O3. The first-order chi connectivity index (χ1) is 25.2. The summed E-state index contributed by atoms with van der Waals surface area (Å²) in [5.41, 5.74) is 2.76. The molecule has 7 nitrogen and oxygen atoms in total. The van der Waals surface area contributed by atoms with Gasteiger partial charge >= 0.3 is 0 Å². The van der Waals surface area contributed by atoms with E-state index in [1.165, 1.54) is 18.2 Å². The van der Waals surface area contributed by atoms with Gasteiger partial charge in [-0.15, -0.1) is 0 Å². The summed E-state index contributed by atoms with van der Waals surface area (Å²) < 4.78 is 45.4. The van der Waals surface area contributed by atoms with Gasteiger partial charge in [-0.1, -0.05) is 55.5 Å². The Balaban J connectivity index is 0.917. The molecule has 7 rings (SSSR count). The highest BCUT2D eigenvalue weighted by Crippen LogP contribution is 2.32. The summed E-state index contributed by atoms with van der Waals surface area (Å²) in [5.74, 6) is -2.48. The normalized spacial score (nSPS) is 15.7. The molecule has 2 amide bonds. The summed E-state index contributed by atoms with van der Waals surface area (Å²) in [5, 5.41) is 7.98. The second-order valence-corrected chi connectivity index (χ2v) is 14.1. The maximum absolute atomic E-state index is 15.2. The van der Waals surface area contributed by atoms with E-state index in [9.17, 15) is 18.8 Å². The summed E-state index contributed by atoms with van der Waals surface area (Å²) >= 11 is 0. The summed E-state index contributed by atoms with van der Waals surface area (Å²) in [6.45, 7) is 3.92. The van der Waals surface area contributed by atoms with Gasteiger partial charge in [0.15, 0.2) is 0 Å². The zero-order valence-corrected chi connectivity index (χ0v) is 29.1. The minimum atomic E-state index is -0.851. The first kappa shape index (κ1) is 35.2. The van der Waals surface area contributed by atoms with Crippen molar-refractivity contribution < 1.29 is 22.8 Å². The van der Waals surface area contributed by atoms with Gasteiger partial charge < -0.3 is 9.80 Å². The number of aromatic amines is 1. The third-order valence-electron chi connectivity index (χ3n) is 10.8. The molecule has 0 atom stereocenters. The molecule has 5 aromatic rings. The van der Waals surface area contributed by atoms with Crippen LogP contribution in [0.5, 0.6) is 0 Å². The molecule has 2 saturated heterocycles. The minimum absolute atomic E-state index is 0.0231. The molecule has 0 saturated carbocycles. The Labute approximate surface area is 300 Å². The average Bonchev–Trinajstić information content (AvgIpc) is 3.16. The van der Waals surface area contributed by atoms with Gasteiger partial charge in [0, 0.05) is 38.0 Å². The molecule has 1 N–H and O–H groups in total. The number of nitrogens with one attached hydrogen (secondary N) is 1. The number of piperidine rings is 2. The van der Waals surface area contributed by atoms with Crippen molar-refractivity contribution >= 4 is 22.6 Å². The number of H-pyrrole nitrogens is 1. The van der Waals surface area contributed by atoms with E-state index in [4.69, 9.17) is 0 Å². The molecule has 268 valence electrons. The number of carbonyl (C=O) groups excluding carboxylic acids is 2. The Bertz CT molecular complexity index is 2160. The van der Waals surface area contributed by atoms with Gasteiger partial charge in [0.25, 0.3) is 17.4 Å². The molecule has 0 radical (unpaired) electrons. The average molecular weight is 707 g/mol. The molecule has 1 aromatic heterocycles. The number of nitrogens with zero attached hydrogens (tertiary/aromatic N) is 3. The second-order valence-electron chi connectivity index (χ2n) is 14.1. The van der Waals surface area contributed by atoms with Crippen molar-refractivity contribution in [2.24, 2.45) is 11.8 Å². The van der Waals surface area contributed by atoms with Crippen molar-refractivity contribution in [2.75, 3.05) is 26.2 Å². The Morgan fingerprint density at radius 2 is 1.35 bits per heavy atom. The third-order valence-corrected chi connectivity index (χ3v) is 10.8. The molecule has 52 heavy (non-hydrogen) atoms. The Morgan fingerprint density at radius 3 is 2.00 bits per heavy atom. The smallest absolute Gasteiger partial charge is 0.272 e. The number of amides is 2. The third kappa shape index (κ3) is 7.38. The lowest BCUT2D eigenvalue weighted by Crippen LogP contribution is -2.41. The summed E-state index contributed by atoms with van der Waals surface area (Å²) in [6, 6.07) is 21.7. The van der Waals surface area contributed by atoms with Gasteiger partial charge in [0.1, 0.15) is 23.0 Å². The molecule has 0 bridgehead atoms. The molecule has 10 heteroatoms. The van der Waals surface area contributed by atoms with E-state index in [0.29, 0.717) is 77.6 Å². The minimum Gasteiger partial charge on any atom is -0.339 e. The van der Waals surface area contributed by atoms with Crippen molar-refractivity contribution in [2.45, 2.75) is 51.9 Å². The van der Waals surface area contributed by atoms with Crippen molar-refractivity contribution in [1.29, 1.82) is 0 Å². The van der Waals surface area contributed by atoms with Gasteiger partial charge in [-0.3, -0.25) is 14.4 Å². The van der Waals surface area contributed by atoms with E-state index >= 15 is 8.78 Å². The van der Waals surface area contributed by atoms with Crippen LogP contribution in [0.1, 0.15) is 76.6 Å². The monoisotopic (exact) mass is 706 g/mol. The molecule has 0 spiro atoms. The zero-order chi connectivity index (χ0) is 36.4. The van der Waals surface area contributed by atoms with Gasteiger partial charge in [0.2, 0.25) is 0 Å². The van der Waals surface area contributed by atoms with Crippen LogP contribution in [-0.2, 0) is 12.8 Å². The first-order valence-corrected chi connectivity index (χ1v) is 18.1. The van der Waals surface area contributed by atoms with Crippen molar-refractivity contribution in [1.82, 2.24) is 20.0 Å². The topological polar surface area (TPSA) is 86.4 Å². The Kier molecular flexibility index (Phi) is 10.2. The highest BCUT2D eigenvalue weighted by Gasteiger charge is 2.31. The predicted molar refractivity (Wildman–Crippen MR) is 195 cm³/mol. The molecule has 2 aliphatic heterocycles. The van der Waals surface area contributed by atoms with Crippen molar-refractivity contribution in [3.63, 3.8) is 0 Å². The molecule has 4 aromatic carbocycles. The lowest BCUT2D eigenvalue weighted by molar-refractivity contribution is 0.0629. The number of benzene rings is 4. The SMILES string of the molecule is CCc1cccc(-c2cc(F)c(C(=O)N3CCC(CC4CCN(C(=O)c5cc(Cc6n[nH]c(=O)c7ccccc67)ccc5F)CC4)CC3)c(F)c2)c1.